The lowest BCUT2D eigenvalue weighted by atomic mass is 9.86. The van der Waals surface area contributed by atoms with Crippen LogP contribution in [0.5, 0.6) is 0 Å². The van der Waals surface area contributed by atoms with Crippen LogP contribution in [0.15, 0.2) is 30.3 Å². The SMILES string of the molecule is O=C(CCCCCC[C@H]1C(F)CC[C@@H]1CCc1ccccc1)OCCN1CCOCC1. The first-order valence-corrected chi connectivity index (χ1v) is 12.4. The topological polar surface area (TPSA) is 38.8 Å². The summed E-state index contributed by atoms with van der Waals surface area (Å²) in [4.78, 5) is 14.2. The van der Waals surface area contributed by atoms with Gasteiger partial charge in [0.15, 0.2) is 0 Å². The van der Waals surface area contributed by atoms with Gasteiger partial charge in [0.1, 0.15) is 12.8 Å². The summed E-state index contributed by atoms with van der Waals surface area (Å²) in [5.41, 5.74) is 1.36. The summed E-state index contributed by atoms with van der Waals surface area (Å²) < 4.78 is 25.1. The number of carbonyl (C=O) groups excluding carboxylic acids is 1. The lowest BCUT2D eigenvalue weighted by molar-refractivity contribution is -0.144. The van der Waals surface area contributed by atoms with Crippen molar-refractivity contribution in [2.24, 2.45) is 11.8 Å². The lowest BCUT2D eigenvalue weighted by Gasteiger charge is -2.26. The smallest absolute Gasteiger partial charge is 0.305 e. The van der Waals surface area contributed by atoms with E-state index in [2.05, 4.69) is 29.2 Å². The summed E-state index contributed by atoms with van der Waals surface area (Å²) >= 11 is 0. The van der Waals surface area contributed by atoms with Gasteiger partial charge in [-0.2, -0.15) is 0 Å². The number of morpholine rings is 1. The first-order valence-electron chi connectivity index (χ1n) is 12.4. The molecule has 0 bridgehead atoms. The maximum Gasteiger partial charge on any atom is 0.305 e. The molecule has 1 saturated heterocycles. The maximum atomic E-state index is 14.4. The minimum absolute atomic E-state index is 0.0890. The van der Waals surface area contributed by atoms with Crippen molar-refractivity contribution in [3.8, 4) is 0 Å². The van der Waals surface area contributed by atoms with Crippen LogP contribution in [0.1, 0.15) is 63.4 Å². The fraction of sp³-hybridized carbons (Fsp3) is 0.731. The number of rotatable bonds is 13. The van der Waals surface area contributed by atoms with Gasteiger partial charge in [0.05, 0.1) is 13.2 Å². The molecule has 174 valence electrons. The van der Waals surface area contributed by atoms with Crippen molar-refractivity contribution in [2.45, 2.75) is 70.4 Å². The van der Waals surface area contributed by atoms with Crippen LogP contribution in [-0.2, 0) is 20.7 Å². The van der Waals surface area contributed by atoms with Gasteiger partial charge in [-0.25, -0.2) is 4.39 Å². The largest absolute Gasteiger partial charge is 0.464 e. The van der Waals surface area contributed by atoms with Crippen molar-refractivity contribution in [1.29, 1.82) is 0 Å². The number of hydrogen-bond donors (Lipinski definition) is 0. The minimum atomic E-state index is -0.623. The average molecular weight is 434 g/mol. The number of hydrogen-bond acceptors (Lipinski definition) is 4. The quantitative estimate of drug-likeness (QED) is 0.317. The Morgan fingerprint density at radius 1 is 1.03 bits per heavy atom. The zero-order chi connectivity index (χ0) is 21.7. The normalized spacial score (nSPS) is 24.4. The molecular formula is C26H40FNO3. The standard InChI is InChI=1S/C26H40FNO3/c27-25-15-14-23(13-12-22-8-4-3-5-9-22)24(25)10-6-1-2-7-11-26(29)31-21-18-28-16-19-30-20-17-28/h3-5,8-9,23-25H,1-2,6-7,10-21H2/t23-,24+,25?/m0/s1. The number of halogens is 1. The molecule has 3 rings (SSSR count). The number of carbonyl (C=O) groups is 1. The third-order valence-corrected chi connectivity index (χ3v) is 6.97. The van der Waals surface area contributed by atoms with E-state index in [0.29, 0.717) is 18.9 Å². The Morgan fingerprint density at radius 2 is 1.81 bits per heavy atom. The number of alkyl halides is 1. The molecule has 2 aliphatic rings. The second-order valence-electron chi connectivity index (χ2n) is 9.17. The molecule has 2 fully saturated rings. The molecule has 3 atom stereocenters. The molecule has 0 radical (unpaired) electrons. The van der Waals surface area contributed by atoms with E-state index in [1.807, 2.05) is 6.07 Å². The number of nitrogens with zero attached hydrogens (tertiary/aromatic N) is 1. The van der Waals surface area contributed by atoms with Crippen molar-refractivity contribution in [3.05, 3.63) is 35.9 Å². The van der Waals surface area contributed by atoms with Gasteiger partial charge < -0.3 is 9.47 Å². The van der Waals surface area contributed by atoms with Crippen molar-refractivity contribution >= 4 is 5.97 Å². The third kappa shape index (κ3) is 8.89. The molecule has 0 amide bonds. The monoisotopic (exact) mass is 433 g/mol. The summed E-state index contributed by atoms with van der Waals surface area (Å²) in [6.07, 6.45) is 8.84. The summed E-state index contributed by atoms with van der Waals surface area (Å²) in [5, 5.41) is 0. The van der Waals surface area contributed by atoms with Crippen LogP contribution in [0.4, 0.5) is 4.39 Å². The molecule has 4 nitrogen and oxygen atoms in total. The van der Waals surface area contributed by atoms with E-state index < -0.39 is 6.17 Å². The van der Waals surface area contributed by atoms with Crippen LogP contribution in [0.25, 0.3) is 0 Å². The highest BCUT2D eigenvalue weighted by atomic mass is 19.1. The van der Waals surface area contributed by atoms with Gasteiger partial charge in [-0.3, -0.25) is 9.69 Å². The first kappa shape index (κ1) is 24.2. The molecule has 0 aromatic heterocycles. The molecule has 1 unspecified atom stereocenters. The van der Waals surface area contributed by atoms with Gasteiger partial charge >= 0.3 is 5.97 Å². The second-order valence-corrected chi connectivity index (χ2v) is 9.17. The highest BCUT2D eigenvalue weighted by Crippen LogP contribution is 2.40. The van der Waals surface area contributed by atoms with E-state index in [4.69, 9.17) is 9.47 Å². The molecule has 0 spiro atoms. The second kappa shape index (κ2) is 13.8. The predicted octanol–water partition coefficient (Wildman–Crippen LogP) is 5.20. The Hall–Kier alpha value is -1.46. The summed E-state index contributed by atoms with van der Waals surface area (Å²) in [7, 11) is 0. The lowest BCUT2D eigenvalue weighted by Crippen LogP contribution is -2.38. The Morgan fingerprint density at radius 3 is 2.61 bits per heavy atom. The summed E-state index contributed by atoms with van der Waals surface area (Å²) in [6, 6.07) is 10.6. The molecule has 1 aromatic rings. The van der Waals surface area contributed by atoms with Gasteiger partial charge in [0.25, 0.3) is 0 Å². The number of unbranched alkanes of at least 4 members (excludes halogenated alkanes) is 3. The van der Waals surface area contributed by atoms with Crippen molar-refractivity contribution < 1.29 is 18.7 Å². The Labute approximate surface area is 187 Å². The Bertz CT molecular complexity index is 620. The van der Waals surface area contributed by atoms with E-state index >= 15 is 0 Å². The summed E-state index contributed by atoms with van der Waals surface area (Å²) in [6.45, 7) is 4.66. The number of benzene rings is 1. The highest BCUT2D eigenvalue weighted by Gasteiger charge is 2.35. The zero-order valence-corrected chi connectivity index (χ0v) is 19.0. The molecule has 1 aliphatic carbocycles. The van der Waals surface area contributed by atoms with Crippen molar-refractivity contribution in [3.63, 3.8) is 0 Å². The van der Waals surface area contributed by atoms with Crippen molar-refractivity contribution in [2.75, 3.05) is 39.5 Å². The van der Waals surface area contributed by atoms with Gasteiger partial charge in [0.2, 0.25) is 0 Å². The van der Waals surface area contributed by atoms with Crippen LogP contribution in [0.2, 0.25) is 0 Å². The zero-order valence-electron chi connectivity index (χ0n) is 19.0. The molecular weight excluding hydrogens is 393 g/mol. The third-order valence-electron chi connectivity index (χ3n) is 6.97. The molecule has 1 aliphatic heterocycles. The molecule has 1 heterocycles. The van der Waals surface area contributed by atoms with E-state index in [1.165, 1.54) is 5.56 Å². The van der Waals surface area contributed by atoms with Crippen LogP contribution in [0, 0.1) is 11.8 Å². The van der Waals surface area contributed by atoms with Gasteiger partial charge in [-0.05, 0) is 55.9 Å². The van der Waals surface area contributed by atoms with Crippen LogP contribution < -0.4 is 0 Å². The molecule has 31 heavy (non-hydrogen) atoms. The maximum absolute atomic E-state index is 14.4. The van der Waals surface area contributed by atoms with E-state index in [-0.39, 0.29) is 11.9 Å². The molecule has 0 N–H and O–H groups in total. The highest BCUT2D eigenvalue weighted by molar-refractivity contribution is 5.69. The minimum Gasteiger partial charge on any atom is -0.464 e. The molecule has 1 aromatic carbocycles. The van der Waals surface area contributed by atoms with Crippen LogP contribution >= 0.6 is 0 Å². The van der Waals surface area contributed by atoms with Crippen LogP contribution in [-0.4, -0.2) is 56.5 Å². The average Bonchev–Trinajstić information content (AvgIpc) is 3.15. The fourth-order valence-corrected chi connectivity index (χ4v) is 5.06. The van der Waals surface area contributed by atoms with Crippen molar-refractivity contribution in [1.82, 2.24) is 4.90 Å². The van der Waals surface area contributed by atoms with E-state index in [0.717, 1.165) is 90.6 Å². The van der Waals surface area contributed by atoms with E-state index in [1.54, 1.807) is 0 Å². The predicted molar refractivity (Wildman–Crippen MR) is 122 cm³/mol. The van der Waals surface area contributed by atoms with Gasteiger partial charge in [0, 0.05) is 26.1 Å². The number of aryl methyl sites for hydroxylation is 1. The van der Waals surface area contributed by atoms with Gasteiger partial charge in [-0.15, -0.1) is 0 Å². The van der Waals surface area contributed by atoms with Gasteiger partial charge in [-0.1, -0.05) is 49.6 Å². The number of ether oxygens (including phenoxy) is 2. The molecule has 5 heteroatoms. The summed E-state index contributed by atoms with van der Waals surface area (Å²) in [5.74, 6) is 0.666. The number of esters is 1. The Kier molecular flexibility index (Phi) is 10.8. The molecule has 1 saturated carbocycles. The van der Waals surface area contributed by atoms with E-state index in [9.17, 15) is 9.18 Å². The fourth-order valence-electron chi connectivity index (χ4n) is 5.06. The first-order chi connectivity index (χ1) is 15.2. The van der Waals surface area contributed by atoms with Crippen LogP contribution in [0.3, 0.4) is 0 Å². The Balaban J connectivity index is 1.21.